The molecule has 0 aromatic heterocycles. The Morgan fingerprint density at radius 3 is 2.33 bits per heavy atom. The molecular formula is C8H19CaNO2. The molecule has 0 fully saturated rings. The Balaban J connectivity index is -0.000000167. The number of nitrogens with two attached hydrogens (primary N) is 1. The van der Waals surface area contributed by atoms with E-state index >= 15 is 0 Å². The standard InChI is InChI=1S/C8H17NO2.Ca.2H/c1-6(2)3-7(5-9)4-8(10)11;;;/h6-7H,3-5,9H2,1-2H3,(H,10,11);;;/q;+2;2*-1/t7-;;;/m0.../s1. The zero-order chi connectivity index (χ0) is 8.85. The number of carboxylic acids is 1. The molecule has 3 N–H and O–H groups in total. The van der Waals surface area contributed by atoms with Crippen LogP contribution in [-0.4, -0.2) is 55.4 Å². The van der Waals surface area contributed by atoms with Crippen LogP contribution in [0, 0.1) is 11.8 Å². The van der Waals surface area contributed by atoms with Crippen molar-refractivity contribution in [2.45, 2.75) is 26.7 Å². The Morgan fingerprint density at radius 2 is 2.08 bits per heavy atom. The van der Waals surface area contributed by atoms with Gasteiger partial charge in [0.05, 0.1) is 0 Å². The van der Waals surface area contributed by atoms with Gasteiger partial charge in [0.1, 0.15) is 0 Å². The van der Waals surface area contributed by atoms with Crippen LogP contribution in [0.2, 0.25) is 0 Å². The second kappa shape index (κ2) is 8.30. The van der Waals surface area contributed by atoms with Crippen molar-refractivity contribution in [1.29, 1.82) is 0 Å². The van der Waals surface area contributed by atoms with E-state index in [1.165, 1.54) is 0 Å². The second-order valence-electron chi connectivity index (χ2n) is 3.33. The van der Waals surface area contributed by atoms with Crippen LogP contribution < -0.4 is 5.73 Å². The Bertz CT molecular complexity index is 137. The molecule has 0 aliphatic carbocycles. The van der Waals surface area contributed by atoms with Crippen molar-refractivity contribution in [3.63, 3.8) is 0 Å². The van der Waals surface area contributed by atoms with Gasteiger partial charge in [-0.2, -0.15) is 0 Å². The quantitative estimate of drug-likeness (QED) is 0.650. The summed E-state index contributed by atoms with van der Waals surface area (Å²) in [7, 11) is 0. The molecule has 0 radical (unpaired) electrons. The minimum atomic E-state index is -0.749. The van der Waals surface area contributed by atoms with E-state index in [1.807, 2.05) is 0 Å². The van der Waals surface area contributed by atoms with E-state index < -0.39 is 5.97 Å². The minimum absolute atomic E-state index is 0. The molecule has 0 saturated carbocycles. The van der Waals surface area contributed by atoms with Gasteiger partial charge in [0.25, 0.3) is 0 Å². The van der Waals surface area contributed by atoms with Gasteiger partial charge in [-0.05, 0) is 24.8 Å². The number of hydrogen-bond donors (Lipinski definition) is 2. The van der Waals surface area contributed by atoms with Gasteiger partial charge in [-0.15, -0.1) is 0 Å². The third kappa shape index (κ3) is 8.78. The Morgan fingerprint density at radius 1 is 1.58 bits per heavy atom. The average molecular weight is 201 g/mol. The molecule has 0 aromatic carbocycles. The molecule has 0 spiro atoms. The SMILES string of the molecule is CC(C)C[C@H](CN)CC(=O)O.[Ca+2].[H-].[H-]. The number of carboxylic acid groups (broad SMARTS) is 1. The van der Waals surface area contributed by atoms with E-state index in [9.17, 15) is 4.79 Å². The summed E-state index contributed by atoms with van der Waals surface area (Å²) in [4.78, 5) is 10.3. The molecular weight excluding hydrogens is 182 g/mol. The van der Waals surface area contributed by atoms with Crippen LogP contribution in [0.25, 0.3) is 0 Å². The fraction of sp³-hybridized carbons (Fsp3) is 0.875. The third-order valence-corrected chi connectivity index (χ3v) is 1.60. The number of rotatable bonds is 5. The van der Waals surface area contributed by atoms with Crippen LogP contribution in [0.15, 0.2) is 0 Å². The predicted molar refractivity (Wildman–Crippen MR) is 52.2 cm³/mol. The summed E-state index contributed by atoms with van der Waals surface area (Å²) in [6.45, 7) is 4.62. The second-order valence-corrected chi connectivity index (χ2v) is 3.33. The molecule has 3 nitrogen and oxygen atoms in total. The van der Waals surface area contributed by atoms with E-state index in [-0.39, 0.29) is 52.9 Å². The Labute approximate surface area is 107 Å². The van der Waals surface area contributed by atoms with Crippen LogP contribution in [0.5, 0.6) is 0 Å². The predicted octanol–water partition coefficient (Wildman–Crippen LogP) is 0.926. The molecule has 0 saturated heterocycles. The van der Waals surface area contributed by atoms with Crippen LogP contribution in [-0.2, 0) is 4.79 Å². The monoisotopic (exact) mass is 201 g/mol. The molecule has 4 heteroatoms. The van der Waals surface area contributed by atoms with E-state index in [2.05, 4.69) is 13.8 Å². The molecule has 0 rings (SSSR count). The zero-order valence-corrected chi connectivity index (χ0v) is 10.1. The number of carbonyl (C=O) groups is 1. The summed E-state index contributed by atoms with van der Waals surface area (Å²) >= 11 is 0. The largest absolute Gasteiger partial charge is 2.00 e. The summed E-state index contributed by atoms with van der Waals surface area (Å²) < 4.78 is 0. The van der Waals surface area contributed by atoms with Crippen molar-refractivity contribution < 1.29 is 12.8 Å². The van der Waals surface area contributed by atoms with Crippen LogP contribution in [0.1, 0.15) is 29.5 Å². The summed E-state index contributed by atoms with van der Waals surface area (Å²) in [6, 6.07) is 0. The maximum Gasteiger partial charge on any atom is 2.00 e. The van der Waals surface area contributed by atoms with Gasteiger partial charge >= 0.3 is 43.7 Å². The van der Waals surface area contributed by atoms with Crippen LogP contribution in [0.3, 0.4) is 0 Å². The number of aliphatic carboxylic acids is 1. The first kappa shape index (κ1) is 15.2. The molecule has 0 aliphatic heterocycles. The topological polar surface area (TPSA) is 63.3 Å². The third-order valence-electron chi connectivity index (χ3n) is 1.60. The summed E-state index contributed by atoms with van der Waals surface area (Å²) in [5.74, 6) is -0.0727. The van der Waals surface area contributed by atoms with Crippen LogP contribution in [0.4, 0.5) is 0 Å². The molecule has 12 heavy (non-hydrogen) atoms. The van der Waals surface area contributed by atoms with Crippen molar-refractivity contribution >= 4 is 43.7 Å². The smallest absolute Gasteiger partial charge is 1.00 e. The van der Waals surface area contributed by atoms with E-state index in [0.717, 1.165) is 6.42 Å². The van der Waals surface area contributed by atoms with E-state index in [4.69, 9.17) is 10.8 Å². The van der Waals surface area contributed by atoms with Gasteiger partial charge in [0.2, 0.25) is 0 Å². The maximum absolute atomic E-state index is 10.3. The minimum Gasteiger partial charge on any atom is -1.00 e. The molecule has 70 valence electrons. The first-order chi connectivity index (χ1) is 5.06. The Hall–Kier alpha value is 0.690. The molecule has 0 aromatic rings. The van der Waals surface area contributed by atoms with Crippen molar-refractivity contribution in [3.8, 4) is 0 Å². The molecule has 1 atom stereocenters. The number of hydrogen-bond acceptors (Lipinski definition) is 2. The van der Waals surface area contributed by atoms with Crippen molar-refractivity contribution in [1.82, 2.24) is 0 Å². The fourth-order valence-electron chi connectivity index (χ4n) is 1.18. The molecule has 0 bridgehead atoms. The normalized spacial score (nSPS) is 12.3. The van der Waals surface area contributed by atoms with Crippen molar-refractivity contribution in [2.75, 3.05) is 6.54 Å². The molecule has 0 aliphatic rings. The summed E-state index contributed by atoms with van der Waals surface area (Å²) in [6.07, 6.45) is 1.11. The van der Waals surface area contributed by atoms with Gasteiger partial charge in [-0.25, -0.2) is 0 Å². The Kier molecular flexibility index (Phi) is 10.5. The van der Waals surface area contributed by atoms with E-state index in [1.54, 1.807) is 0 Å². The fourth-order valence-corrected chi connectivity index (χ4v) is 1.18. The molecule has 0 amide bonds. The first-order valence-electron chi connectivity index (χ1n) is 3.98. The van der Waals surface area contributed by atoms with Gasteiger partial charge in [0.15, 0.2) is 0 Å². The van der Waals surface area contributed by atoms with Gasteiger partial charge < -0.3 is 13.7 Å². The van der Waals surface area contributed by atoms with Gasteiger partial charge in [-0.1, -0.05) is 13.8 Å². The molecule has 0 heterocycles. The summed E-state index contributed by atoms with van der Waals surface area (Å²) in [5.41, 5.74) is 5.41. The van der Waals surface area contributed by atoms with E-state index in [0.29, 0.717) is 12.5 Å². The first-order valence-corrected chi connectivity index (χ1v) is 3.98. The average Bonchev–Trinajstić information content (AvgIpc) is 1.84. The van der Waals surface area contributed by atoms with Crippen LogP contribution >= 0.6 is 0 Å². The summed E-state index contributed by atoms with van der Waals surface area (Å²) in [5, 5.41) is 8.47. The van der Waals surface area contributed by atoms with Gasteiger partial charge in [0, 0.05) is 6.42 Å². The van der Waals surface area contributed by atoms with Gasteiger partial charge in [-0.3, -0.25) is 4.79 Å². The zero-order valence-electron chi connectivity index (χ0n) is 9.92. The van der Waals surface area contributed by atoms with Crippen molar-refractivity contribution in [2.24, 2.45) is 17.6 Å². The molecule has 0 unspecified atom stereocenters. The maximum atomic E-state index is 10.3. The van der Waals surface area contributed by atoms with Crippen molar-refractivity contribution in [3.05, 3.63) is 0 Å².